The van der Waals surface area contributed by atoms with Crippen molar-refractivity contribution in [3.8, 4) is 40.1 Å². The molecule has 6 N–H and O–H groups in total. The minimum absolute atomic E-state index is 0.193. The van der Waals surface area contributed by atoms with Crippen molar-refractivity contribution < 1.29 is 54.0 Å². The van der Waals surface area contributed by atoms with E-state index in [9.17, 15) is 35.4 Å². The smallest absolute Gasteiger partial charge is 0.238 e. The van der Waals surface area contributed by atoms with Gasteiger partial charge in [-0.2, -0.15) is 0 Å². The Hall–Kier alpha value is -3.55. The molecule has 3 aromatic rings. The molecule has 0 unspecified atom stereocenters. The van der Waals surface area contributed by atoms with Crippen LogP contribution in [0.5, 0.6) is 28.7 Å². The zero-order chi connectivity index (χ0) is 25.4. The Labute approximate surface area is 197 Å². The third-order valence-electron chi connectivity index (χ3n) is 5.69. The zero-order valence-corrected chi connectivity index (χ0v) is 18.6. The van der Waals surface area contributed by atoms with Crippen LogP contribution in [0.15, 0.2) is 39.5 Å². The Bertz CT molecular complexity index is 1270. The molecule has 2 heterocycles. The Morgan fingerprint density at radius 2 is 1.66 bits per heavy atom. The second-order valence-corrected chi connectivity index (χ2v) is 7.78. The van der Waals surface area contributed by atoms with Gasteiger partial charge in [0.05, 0.1) is 20.8 Å². The number of fused-ring (bicyclic) bond motifs is 1. The summed E-state index contributed by atoms with van der Waals surface area (Å²) in [6.45, 7) is -0.676. The second-order valence-electron chi connectivity index (χ2n) is 7.78. The zero-order valence-electron chi connectivity index (χ0n) is 18.6. The molecule has 12 heteroatoms. The molecule has 1 aliphatic rings. The molecule has 0 spiro atoms. The molecular weight excluding hydrogens is 468 g/mol. The minimum atomic E-state index is -1.74. The minimum Gasteiger partial charge on any atom is -0.507 e. The van der Waals surface area contributed by atoms with Crippen LogP contribution >= 0.6 is 0 Å². The molecule has 0 amide bonds. The van der Waals surface area contributed by atoms with Crippen molar-refractivity contribution in [1.29, 1.82) is 0 Å². The molecule has 2 aromatic carbocycles. The summed E-state index contributed by atoms with van der Waals surface area (Å²) in [5.74, 6) is -1.51. The van der Waals surface area contributed by atoms with Gasteiger partial charge in [-0.15, -0.1) is 0 Å². The molecule has 0 bridgehead atoms. The van der Waals surface area contributed by atoms with Crippen molar-refractivity contribution in [1.82, 2.24) is 0 Å². The SMILES string of the molecule is COc1ccc(-c2oc3c(OC)c(O[C@@H]4O[C@@H](CO)[C@@H](O)[C@H](O)[C@H]4O)cc(O)c3c(=O)c2O)cc1. The second kappa shape index (κ2) is 9.60. The van der Waals surface area contributed by atoms with E-state index in [-0.39, 0.29) is 22.8 Å². The predicted molar refractivity (Wildman–Crippen MR) is 119 cm³/mol. The molecule has 0 aliphatic carbocycles. The van der Waals surface area contributed by atoms with Crippen molar-refractivity contribution in [2.45, 2.75) is 30.7 Å². The number of hydrogen-bond acceptors (Lipinski definition) is 12. The van der Waals surface area contributed by atoms with Crippen LogP contribution in [-0.2, 0) is 4.74 Å². The molecule has 1 aromatic heterocycles. The van der Waals surface area contributed by atoms with E-state index in [1.165, 1.54) is 14.2 Å². The van der Waals surface area contributed by atoms with Crippen molar-refractivity contribution in [2.24, 2.45) is 0 Å². The maximum absolute atomic E-state index is 12.9. The number of phenols is 1. The number of hydrogen-bond donors (Lipinski definition) is 6. The first kappa shape index (κ1) is 24.6. The lowest BCUT2D eigenvalue weighted by molar-refractivity contribution is -0.277. The van der Waals surface area contributed by atoms with Crippen LogP contribution in [-0.4, -0.2) is 82.2 Å². The Morgan fingerprint density at radius 1 is 0.971 bits per heavy atom. The summed E-state index contributed by atoms with van der Waals surface area (Å²) in [7, 11) is 2.71. The molecule has 188 valence electrons. The first-order chi connectivity index (χ1) is 16.7. The van der Waals surface area contributed by atoms with Crippen molar-refractivity contribution >= 4 is 11.0 Å². The maximum atomic E-state index is 12.9. The number of benzene rings is 2. The van der Waals surface area contributed by atoms with E-state index < -0.39 is 59.6 Å². The quantitative estimate of drug-likeness (QED) is 0.272. The highest BCUT2D eigenvalue weighted by atomic mass is 16.7. The van der Waals surface area contributed by atoms with Gasteiger partial charge in [-0.1, -0.05) is 0 Å². The van der Waals surface area contributed by atoms with E-state index in [0.29, 0.717) is 11.3 Å². The van der Waals surface area contributed by atoms with Gasteiger partial charge >= 0.3 is 0 Å². The van der Waals surface area contributed by atoms with Crippen molar-refractivity contribution in [3.05, 3.63) is 40.6 Å². The molecule has 4 rings (SSSR count). The summed E-state index contributed by atoms with van der Waals surface area (Å²) in [5.41, 5.74) is -0.892. The summed E-state index contributed by atoms with van der Waals surface area (Å²) in [4.78, 5) is 12.9. The highest BCUT2D eigenvalue weighted by molar-refractivity contribution is 5.93. The monoisotopic (exact) mass is 492 g/mol. The molecule has 5 atom stereocenters. The summed E-state index contributed by atoms with van der Waals surface area (Å²) >= 11 is 0. The fourth-order valence-electron chi connectivity index (χ4n) is 3.80. The van der Waals surface area contributed by atoms with Crippen molar-refractivity contribution in [3.63, 3.8) is 0 Å². The Balaban J connectivity index is 1.84. The molecular formula is C23H24O12. The van der Waals surface area contributed by atoms with E-state index in [1.807, 2.05) is 0 Å². The van der Waals surface area contributed by atoms with Crippen molar-refractivity contribution in [2.75, 3.05) is 20.8 Å². The average Bonchev–Trinajstić information content (AvgIpc) is 2.86. The van der Waals surface area contributed by atoms with Gasteiger partial charge in [0, 0.05) is 11.6 Å². The first-order valence-corrected chi connectivity index (χ1v) is 10.4. The fourth-order valence-corrected chi connectivity index (χ4v) is 3.80. The lowest BCUT2D eigenvalue weighted by atomic mass is 9.99. The van der Waals surface area contributed by atoms with Gasteiger partial charge in [-0.25, -0.2) is 0 Å². The molecule has 1 fully saturated rings. The maximum Gasteiger partial charge on any atom is 0.238 e. The number of aromatic hydroxyl groups is 2. The normalized spacial score (nSPS) is 24.3. The summed E-state index contributed by atoms with van der Waals surface area (Å²) in [6.07, 6.45) is -7.88. The number of ether oxygens (including phenoxy) is 4. The van der Waals surface area contributed by atoms with Gasteiger partial charge in [0.25, 0.3) is 0 Å². The van der Waals surface area contributed by atoms with E-state index in [1.54, 1.807) is 24.3 Å². The highest BCUT2D eigenvalue weighted by Gasteiger charge is 2.45. The summed E-state index contributed by atoms with van der Waals surface area (Å²) in [5, 5.41) is 60.3. The van der Waals surface area contributed by atoms with Gasteiger partial charge in [0.2, 0.25) is 23.2 Å². The standard InChI is InChI=1S/C23H24O12/c1-31-10-5-3-9(4-6-10)20-18(29)16(27)14-11(25)7-12(21(32-2)22(14)35-20)33-23-19(30)17(28)15(26)13(8-24)34-23/h3-7,13,15,17,19,23-26,28-30H,8H2,1-2H3/t13-,15+,17-,19+,23+/m0/s1. The van der Waals surface area contributed by atoms with E-state index in [2.05, 4.69) is 0 Å². The van der Waals surface area contributed by atoms with E-state index in [0.717, 1.165) is 6.07 Å². The molecule has 35 heavy (non-hydrogen) atoms. The van der Waals surface area contributed by atoms with Gasteiger partial charge in [-0.05, 0) is 24.3 Å². The van der Waals surface area contributed by atoms with Crippen LogP contribution in [0.25, 0.3) is 22.3 Å². The van der Waals surface area contributed by atoms with Crippen LogP contribution in [0.3, 0.4) is 0 Å². The number of rotatable bonds is 6. The molecule has 0 radical (unpaired) electrons. The lowest BCUT2D eigenvalue weighted by Gasteiger charge is -2.39. The number of phenolic OH excluding ortho intramolecular Hbond substituents is 1. The predicted octanol–water partition coefficient (Wildman–Crippen LogP) is 0.0671. The number of aliphatic hydroxyl groups is 4. The van der Waals surface area contributed by atoms with E-state index in [4.69, 9.17) is 23.4 Å². The molecule has 12 nitrogen and oxygen atoms in total. The third-order valence-corrected chi connectivity index (χ3v) is 5.69. The number of methoxy groups -OCH3 is 2. The largest absolute Gasteiger partial charge is 0.507 e. The molecule has 1 saturated heterocycles. The first-order valence-electron chi connectivity index (χ1n) is 10.4. The van der Waals surface area contributed by atoms with Crippen LogP contribution < -0.4 is 19.6 Å². The van der Waals surface area contributed by atoms with Gasteiger partial charge in [-0.3, -0.25) is 4.79 Å². The Kier molecular flexibility index (Phi) is 6.74. The average molecular weight is 492 g/mol. The van der Waals surface area contributed by atoms with Crippen LogP contribution in [0.4, 0.5) is 0 Å². The highest BCUT2D eigenvalue weighted by Crippen LogP contribution is 2.44. The van der Waals surface area contributed by atoms with Gasteiger partial charge < -0.3 is 54.0 Å². The van der Waals surface area contributed by atoms with Crippen LogP contribution in [0.1, 0.15) is 0 Å². The third kappa shape index (κ3) is 4.22. The topological polar surface area (TPSA) is 189 Å². The fraction of sp³-hybridized carbons (Fsp3) is 0.348. The van der Waals surface area contributed by atoms with Crippen LogP contribution in [0.2, 0.25) is 0 Å². The molecule has 0 saturated carbocycles. The van der Waals surface area contributed by atoms with E-state index >= 15 is 0 Å². The molecule has 1 aliphatic heterocycles. The summed E-state index contributed by atoms with van der Waals surface area (Å²) in [6, 6.07) is 7.25. The summed E-state index contributed by atoms with van der Waals surface area (Å²) < 4.78 is 27.2. The Morgan fingerprint density at radius 3 is 2.26 bits per heavy atom. The van der Waals surface area contributed by atoms with Gasteiger partial charge in [0.15, 0.2) is 17.1 Å². The van der Waals surface area contributed by atoms with Gasteiger partial charge in [0.1, 0.15) is 41.3 Å². The van der Waals surface area contributed by atoms with Crippen LogP contribution in [0, 0.1) is 0 Å². The lowest BCUT2D eigenvalue weighted by Crippen LogP contribution is -2.60. The number of aliphatic hydroxyl groups excluding tert-OH is 4.